The summed E-state index contributed by atoms with van der Waals surface area (Å²) in [6.07, 6.45) is 1.65. The van der Waals surface area contributed by atoms with Crippen LogP contribution >= 0.6 is 11.6 Å². The third-order valence-corrected chi connectivity index (χ3v) is 4.09. The average Bonchev–Trinajstić information content (AvgIpc) is 2.67. The molecular formula is C20H17ClN4O2. The van der Waals surface area contributed by atoms with Crippen molar-refractivity contribution in [2.75, 3.05) is 19.1 Å². The van der Waals surface area contributed by atoms with Crippen LogP contribution in [0.15, 0.2) is 47.6 Å². The smallest absolute Gasteiger partial charge is 0.174 e. The van der Waals surface area contributed by atoms with E-state index >= 15 is 0 Å². The molecule has 6 nitrogen and oxygen atoms in total. The van der Waals surface area contributed by atoms with Gasteiger partial charge in [-0.3, -0.25) is 5.43 Å². The summed E-state index contributed by atoms with van der Waals surface area (Å²) in [4.78, 5) is 4.53. The van der Waals surface area contributed by atoms with Crippen LogP contribution in [0.2, 0.25) is 5.02 Å². The Morgan fingerprint density at radius 3 is 2.85 bits per heavy atom. The Hall–Kier alpha value is -3.30. The van der Waals surface area contributed by atoms with Gasteiger partial charge in [-0.15, -0.1) is 0 Å². The highest BCUT2D eigenvalue weighted by molar-refractivity contribution is 6.31. The van der Waals surface area contributed by atoms with Crippen molar-refractivity contribution < 1.29 is 9.47 Å². The number of methoxy groups -OCH3 is 1. The van der Waals surface area contributed by atoms with E-state index < -0.39 is 0 Å². The van der Waals surface area contributed by atoms with Gasteiger partial charge in [0.15, 0.2) is 18.1 Å². The predicted octanol–water partition coefficient (Wildman–Crippen LogP) is 4.55. The number of ether oxygens (including phenoxy) is 2. The maximum atomic E-state index is 8.61. The number of hydrazone groups is 1. The summed E-state index contributed by atoms with van der Waals surface area (Å²) < 4.78 is 10.6. The zero-order valence-electron chi connectivity index (χ0n) is 14.9. The largest absolute Gasteiger partial charge is 0.493 e. The number of nitrogens with zero attached hydrogens (tertiary/aromatic N) is 3. The molecule has 27 heavy (non-hydrogen) atoms. The first kappa shape index (κ1) is 18.5. The minimum atomic E-state index is -0.0381. The van der Waals surface area contributed by atoms with Gasteiger partial charge >= 0.3 is 0 Å². The van der Waals surface area contributed by atoms with Gasteiger partial charge in [0, 0.05) is 10.4 Å². The summed E-state index contributed by atoms with van der Waals surface area (Å²) in [5.74, 6) is 1.68. The standard InChI is InChI=1S/C20H17ClN4O2/c1-13-9-20(24-17-5-4-15(21)11-16(13)17)25-23-12-14-3-6-18(27-8-7-22)19(10-14)26-2/h3-6,9-12H,8H2,1-2H3,(H,24,25)/b23-12+. The predicted molar refractivity (Wildman–Crippen MR) is 107 cm³/mol. The van der Waals surface area contributed by atoms with E-state index in [1.165, 1.54) is 0 Å². The van der Waals surface area contributed by atoms with Gasteiger partial charge in [0.1, 0.15) is 11.9 Å². The Labute approximate surface area is 162 Å². The number of pyridine rings is 1. The van der Waals surface area contributed by atoms with Crippen LogP contribution in [0.4, 0.5) is 5.82 Å². The van der Waals surface area contributed by atoms with Gasteiger partial charge in [0.25, 0.3) is 0 Å². The number of nitriles is 1. The molecule has 0 saturated heterocycles. The molecule has 0 amide bonds. The third-order valence-electron chi connectivity index (χ3n) is 3.85. The van der Waals surface area contributed by atoms with Crippen molar-refractivity contribution in [2.24, 2.45) is 5.10 Å². The Morgan fingerprint density at radius 2 is 2.07 bits per heavy atom. The van der Waals surface area contributed by atoms with Gasteiger partial charge in [-0.2, -0.15) is 10.4 Å². The van der Waals surface area contributed by atoms with E-state index in [9.17, 15) is 0 Å². The van der Waals surface area contributed by atoms with E-state index in [0.29, 0.717) is 22.3 Å². The van der Waals surface area contributed by atoms with Crippen molar-refractivity contribution in [3.8, 4) is 17.6 Å². The number of hydrogen-bond acceptors (Lipinski definition) is 6. The molecule has 0 fully saturated rings. The maximum absolute atomic E-state index is 8.61. The van der Waals surface area contributed by atoms with E-state index in [4.69, 9.17) is 26.3 Å². The normalized spacial score (nSPS) is 10.7. The molecule has 0 aliphatic carbocycles. The molecule has 1 aromatic heterocycles. The fourth-order valence-electron chi connectivity index (χ4n) is 2.59. The Kier molecular flexibility index (Phi) is 5.74. The van der Waals surface area contributed by atoms with Crippen LogP contribution in [-0.4, -0.2) is 24.9 Å². The fraction of sp³-hybridized carbons (Fsp3) is 0.150. The third kappa shape index (κ3) is 4.46. The number of anilines is 1. The van der Waals surface area contributed by atoms with Gasteiger partial charge in [-0.1, -0.05) is 11.6 Å². The van der Waals surface area contributed by atoms with E-state index in [1.54, 1.807) is 25.5 Å². The Balaban J connectivity index is 1.76. The van der Waals surface area contributed by atoms with Crippen LogP contribution in [0.3, 0.4) is 0 Å². The lowest BCUT2D eigenvalue weighted by atomic mass is 10.1. The molecular weight excluding hydrogens is 364 g/mol. The minimum absolute atomic E-state index is 0.0381. The second kappa shape index (κ2) is 8.39. The van der Waals surface area contributed by atoms with Crippen LogP contribution in [-0.2, 0) is 0 Å². The van der Waals surface area contributed by atoms with E-state index in [2.05, 4.69) is 15.5 Å². The number of aryl methyl sites for hydroxylation is 1. The van der Waals surface area contributed by atoms with Gasteiger partial charge in [0.05, 0.1) is 18.8 Å². The first-order valence-corrected chi connectivity index (χ1v) is 8.52. The number of fused-ring (bicyclic) bond motifs is 1. The molecule has 0 unspecified atom stereocenters. The summed E-state index contributed by atoms with van der Waals surface area (Å²) in [5.41, 5.74) is 5.65. The molecule has 7 heteroatoms. The molecule has 0 spiro atoms. The van der Waals surface area contributed by atoms with Crippen molar-refractivity contribution in [2.45, 2.75) is 6.92 Å². The number of nitrogens with one attached hydrogen (secondary N) is 1. The van der Waals surface area contributed by atoms with Crippen LogP contribution < -0.4 is 14.9 Å². The molecule has 0 bridgehead atoms. The van der Waals surface area contributed by atoms with Crippen molar-refractivity contribution >= 4 is 34.5 Å². The molecule has 1 heterocycles. The molecule has 2 aromatic carbocycles. The molecule has 3 aromatic rings. The summed E-state index contributed by atoms with van der Waals surface area (Å²) in [5, 5.41) is 14.5. The van der Waals surface area contributed by atoms with E-state index in [1.807, 2.05) is 43.3 Å². The summed E-state index contributed by atoms with van der Waals surface area (Å²) in [6.45, 7) is 1.96. The Morgan fingerprint density at radius 1 is 1.22 bits per heavy atom. The first-order chi connectivity index (χ1) is 13.1. The van der Waals surface area contributed by atoms with E-state index in [0.717, 1.165) is 22.0 Å². The number of benzene rings is 2. The molecule has 1 N–H and O–H groups in total. The van der Waals surface area contributed by atoms with Crippen LogP contribution in [0.5, 0.6) is 11.5 Å². The number of hydrogen-bond donors (Lipinski definition) is 1. The van der Waals surface area contributed by atoms with Crippen LogP contribution in [0, 0.1) is 18.3 Å². The zero-order chi connectivity index (χ0) is 19.2. The fourth-order valence-corrected chi connectivity index (χ4v) is 2.76. The molecule has 0 aliphatic heterocycles. The SMILES string of the molecule is COc1cc(/C=N/Nc2cc(C)c3cc(Cl)ccc3n2)ccc1OCC#N. The molecule has 136 valence electrons. The monoisotopic (exact) mass is 380 g/mol. The van der Waals surface area contributed by atoms with Gasteiger partial charge in [0.2, 0.25) is 0 Å². The molecule has 0 aliphatic rings. The number of rotatable bonds is 6. The van der Waals surface area contributed by atoms with Gasteiger partial charge < -0.3 is 9.47 Å². The molecule has 3 rings (SSSR count). The number of aromatic nitrogens is 1. The lowest BCUT2D eigenvalue weighted by molar-refractivity contribution is 0.329. The molecule has 0 saturated carbocycles. The van der Waals surface area contributed by atoms with Crippen molar-refractivity contribution in [1.82, 2.24) is 4.98 Å². The Bertz CT molecular complexity index is 1040. The molecule has 0 radical (unpaired) electrons. The second-order valence-electron chi connectivity index (χ2n) is 5.71. The topological polar surface area (TPSA) is 79.5 Å². The second-order valence-corrected chi connectivity index (χ2v) is 6.15. The number of halogens is 1. The van der Waals surface area contributed by atoms with Crippen LogP contribution in [0.25, 0.3) is 10.9 Å². The first-order valence-electron chi connectivity index (χ1n) is 8.14. The lowest BCUT2D eigenvalue weighted by Crippen LogP contribution is -1.98. The van der Waals surface area contributed by atoms with Crippen LogP contribution in [0.1, 0.15) is 11.1 Å². The highest BCUT2D eigenvalue weighted by atomic mass is 35.5. The summed E-state index contributed by atoms with van der Waals surface area (Å²) in [6, 6.07) is 14.8. The molecule has 0 atom stereocenters. The quantitative estimate of drug-likeness (QED) is 0.501. The van der Waals surface area contributed by atoms with Gasteiger partial charge in [-0.25, -0.2) is 4.98 Å². The summed E-state index contributed by atoms with van der Waals surface area (Å²) in [7, 11) is 1.54. The minimum Gasteiger partial charge on any atom is -0.493 e. The maximum Gasteiger partial charge on any atom is 0.174 e. The van der Waals surface area contributed by atoms with E-state index in [-0.39, 0.29) is 6.61 Å². The highest BCUT2D eigenvalue weighted by Crippen LogP contribution is 2.27. The lowest BCUT2D eigenvalue weighted by Gasteiger charge is -2.09. The van der Waals surface area contributed by atoms with Crippen molar-refractivity contribution in [3.63, 3.8) is 0 Å². The van der Waals surface area contributed by atoms with Crippen molar-refractivity contribution in [3.05, 3.63) is 58.6 Å². The van der Waals surface area contributed by atoms with Crippen molar-refractivity contribution in [1.29, 1.82) is 5.26 Å². The van der Waals surface area contributed by atoms with Gasteiger partial charge in [-0.05, 0) is 60.5 Å². The average molecular weight is 381 g/mol. The zero-order valence-corrected chi connectivity index (χ0v) is 15.6. The summed E-state index contributed by atoms with van der Waals surface area (Å²) >= 11 is 6.04. The highest BCUT2D eigenvalue weighted by Gasteiger charge is 2.05.